The van der Waals surface area contributed by atoms with Crippen LogP contribution in [0.25, 0.3) is 0 Å². The van der Waals surface area contributed by atoms with Gasteiger partial charge in [-0.25, -0.2) is 0 Å². The molecule has 4 nitrogen and oxygen atoms in total. The van der Waals surface area contributed by atoms with Crippen LogP contribution in [0, 0.1) is 16.7 Å². The van der Waals surface area contributed by atoms with Gasteiger partial charge in [0, 0.05) is 24.2 Å². The number of hydrogen-bond donors (Lipinski definition) is 2. The van der Waals surface area contributed by atoms with Crippen LogP contribution >= 0.6 is 0 Å². The standard InChI is InChI=1S/C23H43NO3/c1-20(2)13-18(26)14-21(3,4)24(20)15-17(25)9-11-27-19-12-16-8-10-23(19,7)22(16,5)6/h16-19,25-26H,8-15H2,1-7H3/t16-,17+,19+,23-/m1/s1. The molecule has 158 valence electrons. The van der Waals surface area contributed by atoms with Crippen molar-refractivity contribution in [3.8, 4) is 0 Å². The Morgan fingerprint density at radius 3 is 2.11 bits per heavy atom. The second-order valence-corrected chi connectivity index (χ2v) is 11.7. The van der Waals surface area contributed by atoms with E-state index in [1.54, 1.807) is 0 Å². The van der Waals surface area contributed by atoms with Gasteiger partial charge in [0.25, 0.3) is 0 Å². The number of hydrogen-bond acceptors (Lipinski definition) is 4. The second kappa shape index (κ2) is 6.97. The lowest BCUT2D eigenvalue weighted by Crippen LogP contribution is -2.63. The SMILES string of the molecule is CC1(C)CC(O)CC(C)(C)N1C[C@@H](O)CCO[C@H]1C[C@H]2CC[C@@]1(C)C2(C)C. The van der Waals surface area contributed by atoms with Gasteiger partial charge < -0.3 is 14.9 Å². The van der Waals surface area contributed by atoms with Crippen molar-refractivity contribution >= 4 is 0 Å². The molecule has 1 saturated heterocycles. The average molecular weight is 382 g/mol. The molecule has 2 N–H and O–H groups in total. The molecule has 0 aromatic rings. The molecule has 27 heavy (non-hydrogen) atoms. The van der Waals surface area contributed by atoms with Gasteiger partial charge in [0.05, 0.1) is 18.3 Å². The summed E-state index contributed by atoms with van der Waals surface area (Å²) in [6.45, 7) is 17.2. The molecule has 4 heteroatoms. The number of piperidine rings is 1. The van der Waals surface area contributed by atoms with Crippen LogP contribution in [0.4, 0.5) is 0 Å². The van der Waals surface area contributed by atoms with Gasteiger partial charge in [0.2, 0.25) is 0 Å². The Kier molecular flexibility index (Phi) is 5.56. The Morgan fingerprint density at radius 2 is 1.63 bits per heavy atom. The van der Waals surface area contributed by atoms with Crippen molar-refractivity contribution in [2.75, 3.05) is 13.2 Å². The highest BCUT2D eigenvalue weighted by Crippen LogP contribution is 2.66. The molecular weight excluding hydrogens is 338 g/mol. The number of aliphatic hydroxyl groups is 2. The van der Waals surface area contributed by atoms with Crippen molar-refractivity contribution in [1.82, 2.24) is 4.90 Å². The third kappa shape index (κ3) is 3.72. The van der Waals surface area contributed by atoms with E-state index >= 15 is 0 Å². The predicted molar refractivity (Wildman–Crippen MR) is 110 cm³/mol. The minimum absolute atomic E-state index is 0.106. The number of likely N-dealkylation sites (tertiary alicyclic amines) is 1. The van der Waals surface area contributed by atoms with Gasteiger partial charge in [-0.3, -0.25) is 4.90 Å². The van der Waals surface area contributed by atoms with E-state index < -0.39 is 6.10 Å². The molecule has 0 aromatic carbocycles. The maximum absolute atomic E-state index is 10.7. The van der Waals surface area contributed by atoms with E-state index in [-0.39, 0.29) is 22.6 Å². The van der Waals surface area contributed by atoms with Crippen LogP contribution < -0.4 is 0 Å². The molecule has 2 saturated carbocycles. The molecule has 0 aromatic heterocycles. The average Bonchev–Trinajstić information content (AvgIpc) is 2.83. The zero-order chi connectivity index (χ0) is 20.3. The molecule has 2 bridgehead atoms. The third-order valence-electron chi connectivity index (χ3n) is 8.81. The van der Waals surface area contributed by atoms with Crippen LogP contribution in [0.15, 0.2) is 0 Å². The van der Waals surface area contributed by atoms with Crippen molar-refractivity contribution in [2.24, 2.45) is 16.7 Å². The highest BCUT2D eigenvalue weighted by molar-refractivity contribution is 5.11. The Morgan fingerprint density at radius 1 is 1.04 bits per heavy atom. The van der Waals surface area contributed by atoms with E-state index in [9.17, 15) is 10.2 Å². The van der Waals surface area contributed by atoms with Gasteiger partial charge in [-0.05, 0) is 83.0 Å². The van der Waals surface area contributed by atoms with Gasteiger partial charge in [-0.15, -0.1) is 0 Å². The number of ether oxygens (including phenoxy) is 1. The third-order valence-corrected chi connectivity index (χ3v) is 8.81. The molecular formula is C23H43NO3. The predicted octanol–water partition coefficient (Wildman–Crippen LogP) is 3.98. The summed E-state index contributed by atoms with van der Waals surface area (Å²) in [7, 11) is 0. The quantitative estimate of drug-likeness (QED) is 0.731. The van der Waals surface area contributed by atoms with Gasteiger partial charge in [0.15, 0.2) is 0 Å². The zero-order valence-corrected chi connectivity index (χ0v) is 18.7. The number of β-amino-alcohol motifs (C(OH)–C–C–N with tert-alkyl or cyclic N) is 1. The molecule has 2 aliphatic carbocycles. The monoisotopic (exact) mass is 381 g/mol. The first-order chi connectivity index (χ1) is 12.3. The van der Waals surface area contributed by atoms with E-state index in [1.807, 2.05) is 0 Å². The lowest BCUT2D eigenvalue weighted by atomic mass is 9.70. The van der Waals surface area contributed by atoms with Crippen molar-refractivity contribution in [2.45, 2.75) is 116 Å². The van der Waals surface area contributed by atoms with Crippen LogP contribution in [-0.2, 0) is 4.74 Å². The minimum Gasteiger partial charge on any atom is -0.393 e. The Labute approximate surface area is 166 Å². The topological polar surface area (TPSA) is 52.9 Å². The van der Waals surface area contributed by atoms with Crippen LogP contribution in [0.5, 0.6) is 0 Å². The van der Waals surface area contributed by atoms with Crippen molar-refractivity contribution < 1.29 is 14.9 Å². The van der Waals surface area contributed by atoms with E-state index in [0.29, 0.717) is 31.1 Å². The highest BCUT2D eigenvalue weighted by Gasteiger charge is 2.61. The summed E-state index contributed by atoms with van der Waals surface area (Å²) in [5, 5.41) is 20.9. The van der Waals surface area contributed by atoms with Crippen LogP contribution in [0.2, 0.25) is 0 Å². The van der Waals surface area contributed by atoms with Crippen LogP contribution in [0.3, 0.4) is 0 Å². The van der Waals surface area contributed by atoms with Crippen molar-refractivity contribution in [3.05, 3.63) is 0 Å². The molecule has 3 fully saturated rings. The summed E-state index contributed by atoms with van der Waals surface area (Å²) in [6, 6.07) is 0. The number of fused-ring (bicyclic) bond motifs is 2. The second-order valence-electron chi connectivity index (χ2n) is 11.7. The summed E-state index contributed by atoms with van der Waals surface area (Å²) in [5.41, 5.74) is 0.449. The van der Waals surface area contributed by atoms with Gasteiger partial charge in [0.1, 0.15) is 0 Å². The molecule has 3 aliphatic rings. The summed E-state index contributed by atoms with van der Waals surface area (Å²) < 4.78 is 6.34. The van der Waals surface area contributed by atoms with Crippen LogP contribution in [-0.4, -0.2) is 57.7 Å². The molecule has 0 amide bonds. The molecule has 3 rings (SSSR count). The number of aliphatic hydroxyl groups excluding tert-OH is 2. The summed E-state index contributed by atoms with van der Waals surface area (Å²) >= 11 is 0. The fourth-order valence-corrected chi connectivity index (χ4v) is 6.79. The highest BCUT2D eigenvalue weighted by atomic mass is 16.5. The molecule has 1 aliphatic heterocycles. The van der Waals surface area contributed by atoms with Crippen molar-refractivity contribution in [3.63, 3.8) is 0 Å². The fraction of sp³-hybridized carbons (Fsp3) is 1.00. The number of nitrogens with zero attached hydrogens (tertiary/aromatic N) is 1. The van der Waals surface area contributed by atoms with Gasteiger partial charge >= 0.3 is 0 Å². The lowest BCUT2D eigenvalue weighted by molar-refractivity contribution is -0.103. The molecule has 1 heterocycles. The Hall–Kier alpha value is -0.160. The summed E-state index contributed by atoms with van der Waals surface area (Å²) in [5.74, 6) is 0.791. The van der Waals surface area contributed by atoms with Crippen LogP contribution in [0.1, 0.15) is 87.0 Å². The molecule has 4 atom stereocenters. The van der Waals surface area contributed by atoms with E-state index in [2.05, 4.69) is 53.4 Å². The maximum atomic E-state index is 10.7. The smallest absolute Gasteiger partial charge is 0.0689 e. The first-order valence-electron chi connectivity index (χ1n) is 11.0. The molecule has 0 radical (unpaired) electrons. The Balaban J connectivity index is 1.51. The van der Waals surface area contributed by atoms with E-state index in [0.717, 1.165) is 18.8 Å². The minimum atomic E-state index is -0.391. The molecule has 0 unspecified atom stereocenters. The first-order valence-corrected chi connectivity index (χ1v) is 11.0. The summed E-state index contributed by atoms with van der Waals surface area (Å²) in [6.07, 6.45) is 5.70. The van der Waals surface area contributed by atoms with Gasteiger partial charge in [-0.1, -0.05) is 20.8 Å². The molecule has 0 spiro atoms. The van der Waals surface area contributed by atoms with Gasteiger partial charge in [-0.2, -0.15) is 0 Å². The number of rotatable bonds is 6. The Bertz CT molecular complexity index is 526. The van der Waals surface area contributed by atoms with E-state index in [4.69, 9.17) is 4.74 Å². The largest absolute Gasteiger partial charge is 0.393 e. The maximum Gasteiger partial charge on any atom is 0.0689 e. The normalized spacial score (nSPS) is 39.0. The van der Waals surface area contributed by atoms with E-state index in [1.165, 1.54) is 19.3 Å². The van der Waals surface area contributed by atoms with Crippen molar-refractivity contribution in [1.29, 1.82) is 0 Å². The summed E-state index contributed by atoms with van der Waals surface area (Å²) in [4.78, 5) is 2.39. The fourth-order valence-electron chi connectivity index (χ4n) is 6.79. The first kappa shape index (κ1) is 21.5. The lowest BCUT2D eigenvalue weighted by Gasteiger charge is -2.55. The zero-order valence-electron chi connectivity index (χ0n) is 18.7.